The molecule has 0 fully saturated rings. The van der Waals surface area contributed by atoms with Crippen LogP contribution < -0.4 is 0 Å². The van der Waals surface area contributed by atoms with Crippen molar-refractivity contribution in [2.24, 2.45) is 0 Å². The number of hydrogen-bond donors (Lipinski definition) is 0. The fraction of sp³-hybridized carbons (Fsp3) is 0.250. The molecule has 0 aliphatic carbocycles. The van der Waals surface area contributed by atoms with E-state index in [2.05, 4.69) is 11.9 Å². The number of aromatic nitrogens is 1. The third-order valence-electron chi connectivity index (χ3n) is 2.68. The second kappa shape index (κ2) is 3.39. The highest BCUT2D eigenvalue weighted by Gasteiger charge is 2.21. The van der Waals surface area contributed by atoms with Gasteiger partial charge in [-0.25, -0.2) is 0 Å². The topological polar surface area (TPSA) is 12.9 Å². The Labute approximate surface area is 97.8 Å². The maximum absolute atomic E-state index is 6.02. The van der Waals surface area contributed by atoms with Gasteiger partial charge in [0, 0.05) is 26.8 Å². The molecule has 76 valence electrons. The summed E-state index contributed by atoms with van der Waals surface area (Å²) in [6.45, 7) is 2.25. The van der Waals surface area contributed by atoms with Crippen molar-refractivity contribution < 1.29 is 0 Å². The Morgan fingerprint density at radius 3 is 3.20 bits per heavy atom. The van der Waals surface area contributed by atoms with Gasteiger partial charge in [-0.1, -0.05) is 18.5 Å². The van der Waals surface area contributed by atoms with Gasteiger partial charge in [-0.3, -0.25) is 4.98 Å². The lowest BCUT2D eigenvalue weighted by molar-refractivity contribution is 0.954. The predicted octanol–water partition coefficient (Wildman–Crippen LogP) is 3.92. The van der Waals surface area contributed by atoms with Crippen LogP contribution in [0.15, 0.2) is 29.3 Å². The van der Waals surface area contributed by atoms with Crippen LogP contribution in [0.25, 0.3) is 10.9 Å². The summed E-state index contributed by atoms with van der Waals surface area (Å²) in [4.78, 5) is 5.83. The molecule has 2 heterocycles. The van der Waals surface area contributed by atoms with Gasteiger partial charge in [0.15, 0.2) is 0 Å². The van der Waals surface area contributed by atoms with Gasteiger partial charge in [-0.15, -0.1) is 11.8 Å². The largest absolute Gasteiger partial charge is 0.256 e. The van der Waals surface area contributed by atoms with Gasteiger partial charge in [0.1, 0.15) is 0 Å². The molecule has 3 heteroatoms. The van der Waals surface area contributed by atoms with Crippen molar-refractivity contribution in [2.75, 3.05) is 0 Å². The third kappa shape index (κ3) is 1.52. The molecule has 0 bridgehead atoms. The number of pyridine rings is 1. The van der Waals surface area contributed by atoms with E-state index in [1.165, 1.54) is 15.8 Å². The predicted molar refractivity (Wildman–Crippen MR) is 65.8 cm³/mol. The van der Waals surface area contributed by atoms with Crippen LogP contribution in [0.4, 0.5) is 0 Å². The van der Waals surface area contributed by atoms with Crippen molar-refractivity contribution in [3.63, 3.8) is 0 Å². The Hall–Kier alpha value is -0.730. The molecular weight excluding hydrogens is 226 g/mol. The quantitative estimate of drug-likeness (QED) is 0.686. The number of halogens is 1. The minimum absolute atomic E-state index is 0.659. The maximum atomic E-state index is 6.02. The van der Waals surface area contributed by atoms with Gasteiger partial charge in [-0.05, 0) is 30.2 Å². The smallest absolute Gasteiger partial charge is 0.0714 e. The van der Waals surface area contributed by atoms with Crippen molar-refractivity contribution in [3.8, 4) is 0 Å². The highest BCUT2D eigenvalue weighted by molar-refractivity contribution is 8.00. The average molecular weight is 236 g/mol. The number of nitrogens with zero attached hydrogens (tertiary/aromatic N) is 1. The number of thioether (sulfide) groups is 1. The van der Waals surface area contributed by atoms with E-state index in [1.807, 2.05) is 36.2 Å². The molecule has 1 aromatic carbocycles. The minimum atomic E-state index is 0.659. The molecule has 0 radical (unpaired) electrons. The Bertz CT molecular complexity index is 538. The van der Waals surface area contributed by atoms with Gasteiger partial charge in [0.25, 0.3) is 0 Å². The molecule has 3 rings (SSSR count). The van der Waals surface area contributed by atoms with E-state index in [0.717, 1.165) is 17.0 Å². The van der Waals surface area contributed by atoms with E-state index in [4.69, 9.17) is 11.6 Å². The second-order valence-electron chi connectivity index (χ2n) is 3.91. The Morgan fingerprint density at radius 2 is 2.33 bits per heavy atom. The zero-order valence-corrected chi connectivity index (χ0v) is 9.90. The zero-order chi connectivity index (χ0) is 10.4. The zero-order valence-electron chi connectivity index (χ0n) is 8.33. The maximum Gasteiger partial charge on any atom is 0.0714 e. The summed E-state index contributed by atoms with van der Waals surface area (Å²) in [5, 5.41) is 2.65. The molecule has 0 N–H and O–H groups in total. The van der Waals surface area contributed by atoms with Gasteiger partial charge < -0.3 is 0 Å². The molecule has 1 aliphatic rings. The molecule has 1 atom stereocenters. The lowest BCUT2D eigenvalue weighted by Crippen LogP contribution is -1.91. The molecule has 1 aromatic heterocycles. The summed E-state index contributed by atoms with van der Waals surface area (Å²) in [5.41, 5.74) is 2.40. The number of hydrogen-bond acceptors (Lipinski definition) is 2. The monoisotopic (exact) mass is 235 g/mol. The van der Waals surface area contributed by atoms with E-state index in [-0.39, 0.29) is 0 Å². The van der Waals surface area contributed by atoms with Crippen molar-refractivity contribution in [1.29, 1.82) is 0 Å². The van der Waals surface area contributed by atoms with Crippen LogP contribution >= 0.6 is 23.4 Å². The van der Waals surface area contributed by atoms with Gasteiger partial charge in [-0.2, -0.15) is 0 Å². The van der Waals surface area contributed by atoms with Crippen LogP contribution in [0, 0.1) is 0 Å². The molecule has 0 amide bonds. The summed E-state index contributed by atoms with van der Waals surface area (Å²) in [6, 6.07) is 5.90. The van der Waals surface area contributed by atoms with Crippen LogP contribution in [0.5, 0.6) is 0 Å². The SMILES string of the molecule is CC1Cc2cnc3ccc(Cl)cc3c2S1. The highest BCUT2D eigenvalue weighted by atomic mass is 35.5. The van der Waals surface area contributed by atoms with Gasteiger partial charge in [0.05, 0.1) is 5.52 Å². The summed E-state index contributed by atoms with van der Waals surface area (Å²) in [7, 11) is 0. The number of benzene rings is 1. The molecule has 1 nitrogen and oxygen atoms in total. The first-order valence-electron chi connectivity index (χ1n) is 4.98. The van der Waals surface area contributed by atoms with Crippen molar-refractivity contribution in [1.82, 2.24) is 4.98 Å². The molecule has 1 unspecified atom stereocenters. The summed E-state index contributed by atoms with van der Waals surface area (Å²) >= 11 is 7.95. The van der Waals surface area contributed by atoms with E-state index >= 15 is 0 Å². The lowest BCUT2D eigenvalue weighted by atomic mass is 10.1. The molecule has 0 saturated heterocycles. The Balaban J connectivity index is 2.33. The lowest BCUT2D eigenvalue weighted by Gasteiger charge is -2.03. The first-order chi connectivity index (χ1) is 7.24. The molecule has 2 aromatic rings. The second-order valence-corrected chi connectivity index (χ2v) is 5.79. The van der Waals surface area contributed by atoms with Crippen molar-refractivity contribution in [2.45, 2.75) is 23.5 Å². The fourth-order valence-electron chi connectivity index (χ4n) is 2.02. The van der Waals surface area contributed by atoms with Crippen LogP contribution in [-0.2, 0) is 6.42 Å². The van der Waals surface area contributed by atoms with E-state index < -0.39 is 0 Å². The van der Waals surface area contributed by atoms with Crippen molar-refractivity contribution >= 4 is 34.3 Å². The van der Waals surface area contributed by atoms with Gasteiger partial charge >= 0.3 is 0 Å². The Kier molecular flexibility index (Phi) is 2.15. The fourth-order valence-corrected chi connectivity index (χ4v) is 3.43. The van der Waals surface area contributed by atoms with E-state index in [9.17, 15) is 0 Å². The van der Waals surface area contributed by atoms with Crippen LogP contribution in [0.2, 0.25) is 5.02 Å². The van der Waals surface area contributed by atoms with Crippen LogP contribution in [0.3, 0.4) is 0 Å². The number of rotatable bonds is 0. The molecule has 1 aliphatic heterocycles. The Morgan fingerprint density at radius 1 is 1.47 bits per heavy atom. The van der Waals surface area contributed by atoms with Crippen molar-refractivity contribution in [3.05, 3.63) is 35.0 Å². The molecular formula is C12H10ClNS. The van der Waals surface area contributed by atoms with Crippen LogP contribution in [-0.4, -0.2) is 10.2 Å². The third-order valence-corrected chi connectivity index (χ3v) is 4.20. The normalized spacial score (nSPS) is 19.5. The average Bonchev–Trinajstić information content (AvgIpc) is 2.58. The van der Waals surface area contributed by atoms with Crippen LogP contribution in [0.1, 0.15) is 12.5 Å². The first-order valence-corrected chi connectivity index (χ1v) is 6.23. The minimum Gasteiger partial charge on any atom is -0.256 e. The summed E-state index contributed by atoms with van der Waals surface area (Å²) in [6.07, 6.45) is 3.12. The molecule has 0 spiro atoms. The summed E-state index contributed by atoms with van der Waals surface area (Å²) in [5.74, 6) is 0. The van der Waals surface area contributed by atoms with Gasteiger partial charge in [0.2, 0.25) is 0 Å². The van der Waals surface area contributed by atoms with E-state index in [1.54, 1.807) is 0 Å². The van der Waals surface area contributed by atoms with E-state index in [0.29, 0.717) is 5.25 Å². The first kappa shape index (κ1) is 9.49. The highest BCUT2D eigenvalue weighted by Crippen LogP contribution is 2.41. The molecule has 15 heavy (non-hydrogen) atoms. The molecule has 0 saturated carbocycles. The summed E-state index contributed by atoms with van der Waals surface area (Å²) < 4.78 is 0. The standard InChI is InChI=1S/C12H10ClNS/c1-7-4-8-6-14-11-3-2-9(13)5-10(11)12(8)15-7/h2-3,5-7H,4H2,1H3. The number of fused-ring (bicyclic) bond motifs is 3.